The fourth-order valence-electron chi connectivity index (χ4n) is 3.73. The van der Waals surface area contributed by atoms with Gasteiger partial charge in [-0.15, -0.1) is 0 Å². The second-order valence-electron chi connectivity index (χ2n) is 7.93. The first-order chi connectivity index (χ1) is 17.9. The third-order valence-electron chi connectivity index (χ3n) is 5.60. The quantitative estimate of drug-likeness (QED) is 0.161. The molecule has 0 bridgehead atoms. The van der Waals surface area contributed by atoms with Gasteiger partial charge in [0, 0.05) is 5.56 Å². The number of carbonyl (C=O) groups excluding carboxylic acids is 5. The number of ether oxygens (including phenoxy) is 2. The van der Waals surface area contributed by atoms with Crippen molar-refractivity contribution >= 4 is 35.2 Å². The average Bonchev–Trinajstić information content (AvgIpc) is 3.55. The smallest absolute Gasteiger partial charge is 0.379 e. The van der Waals surface area contributed by atoms with E-state index in [1.165, 1.54) is 60.9 Å². The highest BCUT2D eigenvalue weighted by atomic mass is 16.5. The maximum Gasteiger partial charge on any atom is 0.379 e. The van der Waals surface area contributed by atoms with Gasteiger partial charge in [-0.05, 0) is 72.8 Å². The Morgan fingerprint density at radius 3 is 1.92 bits per heavy atom. The van der Waals surface area contributed by atoms with Crippen LogP contribution in [-0.4, -0.2) is 36.1 Å². The molecule has 0 fully saturated rings. The van der Waals surface area contributed by atoms with E-state index in [2.05, 4.69) is 0 Å². The molecule has 0 spiro atoms. The number of fused-ring (bicyclic) bond motifs is 1. The summed E-state index contributed by atoms with van der Waals surface area (Å²) in [5, 5.41) is 0. The number of ketones is 1. The van der Waals surface area contributed by atoms with Crippen LogP contribution >= 0.6 is 0 Å². The van der Waals surface area contributed by atoms with E-state index in [4.69, 9.17) is 13.9 Å². The van der Waals surface area contributed by atoms with Gasteiger partial charge in [0.15, 0.2) is 12.4 Å². The van der Waals surface area contributed by atoms with Crippen LogP contribution in [0.3, 0.4) is 0 Å². The lowest BCUT2D eigenvalue weighted by molar-refractivity contribution is 0.0474. The molecule has 0 unspecified atom stereocenters. The van der Waals surface area contributed by atoms with Gasteiger partial charge in [-0.25, -0.2) is 14.5 Å². The molecular formula is C28H17NO8. The fourth-order valence-corrected chi connectivity index (χ4v) is 3.73. The Balaban J connectivity index is 1.17. The van der Waals surface area contributed by atoms with Crippen molar-refractivity contribution < 1.29 is 37.9 Å². The molecule has 4 aromatic rings. The predicted octanol–water partition coefficient (Wildman–Crippen LogP) is 4.34. The maximum atomic E-state index is 12.6. The number of hydrogen-bond donors (Lipinski definition) is 0. The fraction of sp³-hybridized carbons (Fsp3) is 0.0357. The van der Waals surface area contributed by atoms with Crippen molar-refractivity contribution in [2.75, 3.05) is 11.5 Å². The van der Waals surface area contributed by atoms with Gasteiger partial charge in [-0.1, -0.05) is 12.1 Å². The second kappa shape index (κ2) is 9.74. The van der Waals surface area contributed by atoms with Crippen LogP contribution in [-0.2, 0) is 4.74 Å². The number of anilines is 1. The SMILES string of the molecule is O=C(COC(=O)c1ccc(N2C(=O)c3ccccc3C2=O)cc1)c1ccc(OC(=O)c2ccco2)cc1. The molecule has 5 rings (SSSR count). The summed E-state index contributed by atoms with van der Waals surface area (Å²) in [6, 6.07) is 21.1. The molecule has 37 heavy (non-hydrogen) atoms. The molecule has 1 aliphatic rings. The molecule has 1 aliphatic heterocycles. The summed E-state index contributed by atoms with van der Waals surface area (Å²) in [6.07, 6.45) is 1.35. The average molecular weight is 495 g/mol. The van der Waals surface area contributed by atoms with Crippen LogP contribution in [0.2, 0.25) is 0 Å². The highest BCUT2D eigenvalue weighted by Gasteiger charge is 2.36. The first kappa shape index (κ1) is 23.4. The summed E-state index contributed by atoms with van der Waals surface area (Å²) in [6.45, 7) is -0.509. The van der Waals surface area contributed by atoms with Crippen molar-refractivity contribution in [3.8, 4) is 5.75 Å². The second-order valence-corrected chi connectivity index (χ2v) is 7.93. The zero-order valence-corrected chi connectivity index (χ0v) is 19.1. The lowest BCUT2D eigenvalue weighted by atomic mass is 10.1. The van der Waals surface area contributed by atoms with Crippen molar-refractivity contribution in [2.24, 2.45) is 0 Å². The number of amides is 2. The third-order valence-corrected chi connectivity index (χ3v) is 5.60. The molecule has 0 saturated heterocycles. The Bertz CT molecular complexity index is 1480. The highest BCUT2D eigenvalue weighted by Crippen LogP contribution is 2.28. The number of rotatable bonds is 7. The van der Waals surface area contributed by atoms with Crippen LogP contribution in [0, 0.1) is 0 Å². The van der Waals surface area contributed by atoms with Gasteiger partial charge in [0.25, 0.3) is 11.8 Å². The Morgan fingerprint density at radius 2 is 1.32 bits per heavy atom. The summed E-state index contributed by atoms with van der Waals surface area (Å²) in [5.74, 6) is -2.50. The van der Waals surface area contributed by atoms with Crippen molar-refractivity contribution in [2.45, 2.75) is 0 Å². The van der Waals surface area contributed by atoms with E-state index in [9.17, 15) is 24.0 Å². The number of Topliss-reactive ketones (excluding diaryl/α,β-unsaturated/α-hetero) is 1. The van der Waals surface area contributed by atoms with Gasteiger partial charge in [0.05, 0.1) is 28.6 Å². The van der Waals surface area contributed by atoms with Gasteiger partial charge in [-0.3, -0.25) is 14.4 Å². The van der Waals surface area contributed by atoms with Gasteiger partial charge in [0.2, 0.25) is 5.76 Å². The molecule has 182 valence electrons. The van der Waals surface area contributed by atoms with Crippen molar-refractivity contribution in [3.05, 3.63) is 119 Å². The number of imide groups is 1. The number of esters is 2. The zero-order chi connectivity index (χ0) is 25.9. The maximum absolute atomic E-state index is 12.6. The van der Waals surface area contributed by atoms with Crippen LogP contribution in [0.5, 0.6) is 5.75 Å². The van der Waals surface area contributed by atoms with Crippen LogP contribution in [0.4, 0.5) is 5.69 Å². The van der Waals surface area contributed by atoms with Crippen molar-refractivity contribution in [1.82, 2.24) is 0 Å². The molecule has 0 radical (unpaired) electrons. The Hall–Kier alpha value is -5.31. The minimum absolute atomic E-state index is 0.0452. The van der Waals surface area contributed by atoms with Crippen molar-refractivity contribution in [1.29, 1.82) is 0 Å². The lowest BCUT2D eigenvalue weighted by Crippen LogP contribution is -2.29. The first-order valence-electron chi connectivity index (χ1n) is 11.1. The lowest BCUT2D eigenvalue weighted by Gasteiger charge is -2.14. The molecule has 2 amide bonds. The number of carbonyl (C=O) groups is 5. The summed E-state index contributed by atoms with van der Waals surface area (Å²) in [4.78, 5) is 63.0. The van der Waals surface area contributed by atoms with Gasteiger partial charge in [-0.2, -0.15) is 0 Å². The van der Waals surface area contributed by atoms with Gasteiger partial charge >= 0.3 is 11.9 Å². The minimum Gasteiger partial charge on any atom is -0.457 e. The Labute approximate surface area is 209 Å². The van der Waals surface area contributed by atoms with E-state index in [-0.39, 0.29) is 22.6 Å². The molecule has 1 aromatic heterocycles. The van der Waals surface area contributed by atoms with Crippen LogP contribution in [0.15, 0.2) is 95.6 Å². The molecule has 0 N–H and O–H groups in total. The van der Waals surface area contributed by atoms with E-state index in [0.717, 1.165) is 4.90 Å². The molecule has 0 atom stereocenters. The van der Waals surface area contributed by atoms with Crippen LogP contribution in [0.25, 0.3) is 0 Å². The number of furan rings is 1. The Kier molecular flexibility index (Phi) is 6.17. The van der Waals surface area contributed by atoms with Gasteiger partial charge < -0.3 is 13.9 Å². The van der Waals surface area contributed by atoms with Crippen LogP contribution < -0.4 is 9.64 Å². The molecule has 3 aromatic carbocycles. The summed E-state index contributed by atoms with van der Waals surface area (Å²) in [5.41, 5.74) is 1.35. The monoisotopic (exact) mass is 495 g/mol. The normalized spacial score (nSPS) is 12.3. The van der Waals surface area contributed by atoms with E-state index in [1.807, 2.05) is 0 Å². The Morgan fingerprint density at radius 1 is 0.703 bits per heavy atom. The standard InChI is InChI=1S/C28H17NO8/c30-23(17-9-13-20(14-10-17)37-28(34)24-6-3-15-35-24)16-36-27(33)18-7-11-19(12-8-18)29-25(31)21-4-1-2-5-22(21)26(29)32/h1-15H,16H2. The topological polar surface area (TPSA) is 120 Å². The highest BCUT2D eigenvalue weighted by molar-refractivity contribution is 6.34. The van der Waals surface area contributed by atoms with E-state index < -0.39 is 36.1 Å². The number of benzene rings is 3. The molecule has 0 saturated carbocycles. The van der Waals surface area contributed by atoms with E-state index >= 15 is 0 Å². The predicted molar refractivity (Wildman–Crippen MR) is 129 cm³/mol. The third kappa shape index (κ3) is 4.65. The molecule has 9 heteroatoms. The number of nitrogens with zero attached hydrogens (tertiary/aromatic N) is 1. The summed E-state index contributed by atoms with van der Waals surface area (Å²) < 4.78 is 15.2. The molecule has 9 nitrogen and oxygen atoms in total. The molecule has 2 heterocycles. The van der Waals surface area contributed by atoms with E-state index in [1.54, 1.807) is 30.3 Å². The summed E-state index contributed by atoms with van der Waals surface area (Å²) in [7, 11) is 0. The zero-order valence-electron chi connectivity index (χ0n) is 19.1. The van der Waals surface area contributed by atoms with Crippen molar-refractivity contribution in [3.63, 3.8) is 0 Å². The van der Waals surface area contributed by atoms with E-state index in [0.29, 0.717) is 16.8 Å². The minimum atomic E-state index is -0.744. The summed E-state index contributed by atoms with van der Waals surface area (Å²) >= 11 is 0. The molecule has 0 aliphatic carbocycles. The number of hydrogen-bond acceptors (Lipinski definition) is 8. The first-order valence-corrected chi connectivity index (χ1v) is 11.1. The van der Waals surface area contributed by atoms with Crippen LogP contribution in [0.1, 0.15) is 52.0 Å². The largest absolute Gasteiger partial charge is 0.457 e. The van der Waals surface area contributed by atoms with Gasteiger partial charge in [0.1, 0.15) is 5.75 Å². The molecular weight excluding hydrogens is 478 g/mol.